The predicted molar refractivity (Wildman–Crippen MR) is 43.9 cm³/mol. The van der Waals surface area contributed by atoms with Crippen molar-refractivity contribution in [3.05, 3.63) is 0 Å². The van der Waals surface area contributed by atoms with E-state index in [0.717, 1.165) is 18.9 Å². The van der Waals surface area contributed by atoms with Crippen molar-refractivity contribution in [3.8, 4) is 0 Å². The zero-order valence-electron chi connectivity index (χ0n) is 4.96. The summed E-state index contributed by atoms with van der Waals surface area (Å²) in [5.41, 5.74) is 5.24. The van der Waals surface area contributed by atoms with Crippen molar-refractivity contribution >= 4 is 30.6 Å². The number of aliphatic imine (C=N–C) groups is 1. The molecule has 1 heterocycles. The van der Waals surface area contributed by atoms with Gasteiger partial charge in [0.25, 0.3) is 0 Å². The van der Waals surface area contributed by atoms with Crippen LogP contribution in [0.1, 0.15) is 0 Å². The summed E-state index contributed by atoms with van der Waals surface area (Å²) in [5.74, 6) is 0.944. The Kier molecular flexibility index (Phi) is 8.02. The molecule has 0 aromatic rings. The van der Waals surface area contributed by atoms with E-state index in [1.54, 1.807) is 0 Å². The lowest BCUT2D eigenvalue weighted by Gasteiger charge is -1.92. The monoisotopic (exact) mass is 171 g/mol. The lowest BCUT2D eigenvalue weighted by Crippen LogP contribution is -2.26. The maximum absolute atomic E-state index is 5.24. The van der Waals surface area contributed by atoms with E-state index >= 15 is 0 Å². The molecule has 0 atom stereocenters. The highest BCUT2D eigenvalue weighted by molar-refractivity contribution is 5.85. The SMILES string of the molecule is Cl.Cl.NCC1=NCCN1. The highest BCUT2D eigenvalue weighted by Crippen LogP contribution is 1.79. The Morgan fingerprint density at radius 3 is 2.44 bits per heavy atom. The molecule has 0 aromatic heterocycles. The molecule has 0 bridgehead atoms. The molecule has 1 aliphatic rings. The third-order valence-electron chi connectivity index (χ3n) is 0.937. The second-order valence-corrected chi connectivity index (χ2v) is 1.46. The Labute approximate surface area is 66.9 Å². The molecule has 0 fully saturated rings. The molecule has 0 aromatic carbocycles. The standard InChI is InChI=1S/C4H9N3.2ClH/c5-3-4-6-1-2-7-4;;/h1-3,5H2,(H,6,7);2*1H. The van der Waals surface area contributed by atoms with Crippen molar-refractivity contribution in [3.63, 3.8) is 0 Å². The summed E-state index contributed by atoms with van der Waals surface area (Å²) < 4.78 is 0. The first-order chi connectivity index (χ1) is 3.43. The van der Waals surface area contributed by atoms with Gasteiger partial charge < -0.3 is 11.1 Å². The maximum Gasteiger partial charge on any atom is 0.110 e. The first-order valence-electron chi connectivity index (χ1n) is 2.41. The topological polar surface area (TPSA) is 50.4 Å². The second-order valence-electron chi connectivity index (χ2n) is 1.46. The van der Waals surface area contributed by atoms with Crippen LogP contribution in [-0.4, -0.2) is 25.5 Å². The van der Waals surface area contributed by atoms with Gasteiger partial charge in [-0.3, -0.25) is 4.99 Å². The molecule has 0 unspecified atom stereocenters. The molecule has 3 nitrogen and oxygen atoms in total. The van der Waals surface area contributed by atoms with Crippen LogP contribution in [0, 0.1) is 0 Å². The number of halogens is 2. The fourth-order valence-corrected chi connectivity index (χ4v) is 0.584. The molecule has 9 heavy (non-hydrogen) atoms. The molecule has 0 saturated carbocycles. The zero-order valence-corrected chi connectivity index (χ0v) is 6.60. The number of nitrogens with zero attached hydrogens (tertiary/aromatic N) is 1. The molecule has 0 radical (unpaired) electrons. The average molecular weight is 172 g/mol. The third kappa shape index (κ3) is 3.56. The molecule has 56 valence electrons. The minimum atomic E-state index is 0. The highest BCUT2D eigenvalue weighted by atomic mass is 35.5. The number of nitrogens with two attached hydrogens (primary N) is 1. The number of rotatable bonds is 1. The van der Waals surface area contributed by atoms with Gasteiger partial charge in [0.05, 0.1) is 13.1 Å². The Hall–Kier alpha value is 0.01000. The molecule has 1 aliphatic heterocycles. The van der Waals surface area contributed by atoms with Crippen molar-refractivity contribution in [2.75, 3.05) is 19.6 Å². The molecular formula is C4H11Cl2N3. The van der Waals surface area contributed by atoms with Gasteiger partial charge in [-0.2, -0.15) is 0 Å². The summed E-state index contributed by atoms with van der Waals surface area (Å²) in [6.07, 6.45) is 0. The van der Waals surface area contributed by atoms with Crippen LogP contribution in [0.4, 0.5) is 0 Å². The van der Waals surface area contributed by atoms with Gasteiger partial charge >= 0.3 is 0 Å². The Bertz CT molecular complexity index is 93.8. The normalized spacial score (nSPS) is 14.6. The third-order valence-corrected chi connectivity index (χ3v) is 0.937. The van der Waals surface area contributed by atoms with Gasteiger partial charge in [-0.15, -0.1) is 24.8 Å². The zero-order chi connectivity index (χ0) is 5.11. The Morgan fingerprint density at radius 2 is 2.22 bits per heavy atom. The van der Waals surface area contributed by atoms with Crippen molar-refractivity contribution in [2.45, 2.75) is 0 Å². The summed E-state index contributed by atoms with van der Waals surface area (Å²) in [6, 6.07) is 0. The highest BCUT2D eigenvalue weighted by Gasteiger charge is 1.98. The van der Waals surface area contributed by atoms with Crippen LogP contribution < -0.4 is 11.1 Å². The van der Waals surface area contributed by atoms with E-state index in [9.17, 15) is 0 Å². The number of nitrogens with one attached hydrogen (secondary N) is 1. The van der Waals surface area contributed by atoms with Crippen molar-refractivity contribution in [1.29, 1.82) is 0 Å². The van der Waals surface area contributed by atoms with E-state index in [4.69, 9.17) is 5.73 Å². The fourth-order valence-electron chi connectivity index (χ4n) is 0.584. The maximum atomic E-state index is 5.24. The van der Waals surface area contributed by atoms with Crippen molar-refractivity contribution < 1.29 is 0 Å². The van der Waals surface area contributed by atoms with E-state index < -0.39 is 0 Å². The molecule has 3 N–H and O–H groups in total. The van der Waals surface area contributed by atoms with Crippen LogP contribution in [0.3, 0.4) is 0 Å². The van der Waals surface area contributed by atoms with Crippen molar-refractivity contribution in [2.24, 2.45) is 10.7 Å². The van der Waals surface area contributed by atoms with Gasteiger partial charge in [-0.05, 0) is 0 Å². The number of hydrogen-bond donors (Lipinski definition) is 2. The molecule has 0 saturated heterocycles. The Balaban J connectivity index is 0. The molecular weight excluding hydrogens is 161 g/mol. The fraction of sp³-hybridized carbons (Fsp3) is 0.750. The summed E-state index contributed by atoms with van der Waals surface area (Å²) in [4.78, 5) is 4.03. The van der Waals surface area contributed by atoms with Crippen LogP contribution in [0.15, 0.2) is 4.99 Å². The molecule has 0 amide bonds. The minimum Gasteiger partial charge on any atom is -0.371 e. The van der Waals surface area contributed by atoms with E-state index in [-0.39, 0.29) is 24.8 Å². The first-order valence-corrected chi connectivity index (χ1v) is 2.41. The Morgan fingerprint density at radius 1 is 1.56 bits per heavy atom. The summed E-state index contributed by atoms with van der Waals surface area (Å²) in [6.45, 7) is 2.42. The van der Waals surface area contributed by atoms with E-state index in [1.807, 2.05) is 0 Å². The van der Waals surface area contributed by atoms with E-state index in [1.165, 1.54) is 0 Å². The average Bonchev–Trinajstić information content (AvgIpc) is 2.14. The van der Waals surface area contributed by atoms with Gasteiger partial charge in [0.1, 0.15) is 5.84 Å². The number of hydrogen-bond acceptors (Lipinski definition) is 3. The first kappa shape index (κ1) is 11.8. The predicted octanol–water partition coefficient (Wildman–Crippen LogP) is -0.210. The molecule has 0 aliphatic carbocycles. The van der Waals surface area contributed by atoms with Crippen LogP contribution >= 0.6 is 24.8 Å². The van der Waals surface area contributed by atoms with Crippen LogP contribution in [0.25, 0.3) is 0 Å². The van der Waals surface area contributed by atoms with Crippen LogP contribution in [0.2, 0.25) is 0 Å². The molecule has 1 rings (SSSR count). The number of amidine groups is 1. The second kappa shape index (κ2) is 6.13. The quantitative estimate of drug-likeness (QED) is 0.575. The van der Waals surface area contributed by atoms with E-state index in [0.29, 0.717) is 6.54 Å². The lowest BCUT2D eigenvalue weighted by atomic mass is 10.6. The summed E-state index contributed by atoms with van der Waals surface area (Å²) >= 11 is 0. The lowest BCUT2D eigenvalue weighted by molar-refractivity contribution is 0.954. The van der Waals surface area contributed by atoms with Gasteiger partial charge in [-0.1, -0.05) is 0 Å². The largest absolute Gasteiger partial charge is 0.371 e. The van der Waals surface area contributed by atoms with Crippen LogP contribution in [-0.2, 0) is 0 Å². The van der Waals surface area contributed by atoms with Gasteiger partial charge in [0.15, 0.2) is 0 Å². The van der Waals surface area contributed by atoms with E-state index in [2.05, 4.69) is 10.3 Å². The van der Waals surface area contributed by atoms with Gasteiger partial charge in [-0.25, -0.2) is 0 Å². The van der Waals surface area contributed by atoms with Gasteiger partial charge in [0, 0.05) is 6.54 Å². The minimum absolute atomic E-state index is 0. The molecule has 5 heteroatoms. The van der Waals surface area contributed by atoms with Crippen molar-refractivity contribution in [1.82, 2.24) is 5.32 Å². The van der Waals surface area contributed by atoms with Gasteiger partial charge in [0.2, 0.25) is 0 Å². The smallest absolute Gasteiger partial charge is 0.110 e. The summed E-state index contributed by atoms with van der Waals surface area (Å²) in [5, 5.41) is 3.03. The van der Waals surface area contributed by atoms with Crippen LogP contribution in [0.5, 0.6) is 0 Å². The summed E-state index contributed by atoms with van der Waals surface area (Å²) in [7, 11) is 0. The molecule has 0 spiro atoms.